The topological polar surface area (TPSA) is 197 Å². The molecule has 2 aromatic heterocycles. The first kappa shape index (κ1) is 24.5. The van der Waals surface area contributed by atoms with Crippen LogP contribution in [-0.4, -0.2) is 49.1 Å². The zero-order valence-corrected chi connectivity index (χ0v) is 19.0. The van der Waals surface area contributed by atoms with E-state index in [0.717, 1.165) is 16.5 Å². The number of benzene rings is 1. The van der Waals surface area contributed by atoms with Gasteiger partial charge in [-0.15, -0.1) is 0 Å². The quantitative estimate of drug-likeness (QED) is 0.257. The number of aromatic nitrogens is 3. The monoisotopic (exact) mass is 468 g/mol. The second-order valence-corrected chi connectivity index (χ2v) is 9.02. The average Bonchev–Trinajstić information content (AvgIpc) is 3.12. The number of aromatic amines is 1. The van der Waals surface area contributed by atoms with Gasteiger partial charge in [-0.3, -0.25) is 9.59 Å². The zero-order chi connectivity index (χ0) is 25.0. The highest BCUT2D eigenvalue weighted by atomic mass is 16.4. The van der Waals surface area contributed by atoms with Gasteiger partial charge in [-0.25, -0.2) is 4.79 Å². The summed E-state index contributed by atoms with van der Waals surface area (Å²) in [4.78, 5) is 45.8. The van der Waals surface area contributed by atoms with E-state index < -0.39 is 23.9 Å². The molecule has 8 N–H and O–H groups in total. The Balaban J connectivity index is 1.67. The van der Waals surface area contributed by atoms with Crippen LogP contribution in [0.15, 0.2) is 30.5 Å². The van der Waals surface area contributed by atoms with E-state index in [1.165, 1.54) is 0 Å². The summed E-state index contributed by atoms with van der Waals surface area (Å²) in [6.45, 7) is 4.22. The van der Waals surface area contributed by atoms with Crippen molar-refractivity contribution >= 4 is 40.6 Å². The van der Waals surface area contributed by atoms with Crippen LogP contribution in [0.4, 0.5) is 11.8 Å². The number of nitrogen functional groups attached to an aromatic ring is 2. The molecule has 180 valence electrons. The number of hydrogen-bond acceptors (Lipinski definition) is 7. The summed E-state index contributed by atoms with van der Waals surface area (Å²) >= 11 is 0. The molecule has 0 unspecified atom stereocenters. The fraction of sp³-hybridized carbons (Fsp3) is 0.348. The zero-order valence-electron chi connectivity index (χ0n) is 19.0. The first-order valence-corrected chi connectivity index (χ1v) is 10.7. The maximum absolute atomic E-state index is 12.4. The highest BCUT2D eigenvalue weighted by molar-refractivity contribution is 5.96. The third-order valence-corrected chi connectivity index (χ3v) is 5.48. The molecular weight excluding hydrogens is 440 g/mol. The number of hydrogen-bond donors (Lipinski definition) is 6. The summed E-state index contributed by atoms with van der Waals surface area (Å²) in [5.74, 6) is -2.54. The maximum atomic E-state index is 12.4. The summed E-state index contributed by atoms with van der Waals surface area (Å²) in [7, 11) is 0. The van der Waals surface area contributed by atoms with Crippen molar-refractivity contribution in [1.82, 2.24) is 20.3 Å². The van der Waals surface area contributed by atoms with Crippen LogP contribution in [-0.2, 0) is 22.4 Å². The standard InChI is InChI=1S/C23H28N6O5/c1-23(2,10-14-11-26-19-17(14)18(24)28-22(25)29-19)9-12-3-5-13(6-4-12)20(32)27-15(21(33)34)7-8-16(30)31/h3-6,11,15H,7-10H2,1-2H3,(H,27,32)(H,30,31)(H,33,34)(H5,24,25,26,28,29)/t15-/m0/s1. The van der Waals surface area contributed by atoms with Crippen molar-refractivity contribution in [3.63, 3.8) is 0 Å². The van der Waals surface area contributed by atoms with E-state index in [9.17, 15) is 19.5 Å². The molecule has 34 heavy (non-hydrogen) atoms. The van der Waals surface area contributed by atoms with E-state index in [0.29, 0.717) is 29.9 Å². The summed E-state index contributed by atoms with van der Waals surface area (Å²) in [5.41, 5.74) is 14.4. The minimum Gasteiger partial charge on any atom is -0.481 e. The van der Waals surface area contributed by atoms with Gasteiger partial charge in [-0.05, 0) is 47.9 Å². The van der Waals surface area contributed by atoms with Crippen molar-refractivity contribution in [3.05, 3.63) is 47.2 Å². The molecular formula is C23H28N6O5. The molecule has 2 heterocycles. The first-order chi connectivity index (χ1) is 15.9. The lowest BCUT2D eigenvalue weighted by molar-refractivity contribution is -0.140. The number of aliphatic carboxylic acids is 2. The molecule has 11 nitrogen and oxygen atoms in total. The molecule has 0 radical (unpaired) electrons. The third kappa shape index (κ3) is 6.00. The van der Waals surface area contributed by atoms with E-state index in [1.807, 2.05) is 18.3 Å². The number of nitrogens with two attached hydrogens (primary N) is 2. The smallest absolute Gasteiger partial charge is 0.326 e. The molecule has 3 rings (SSSR count). The SMILES string of the molecule is CC(C)(Cc1ccc(C(=O)N[C@@H](CCC(=O)O)C(=O)O)cc1)Cc1c[nH]c2nc(N)nc(N)c12. The van der Waals surface area contributed by atoms with Crippen molar-refractivity contribution in [1.29, 1.82) is 0 Å². The van der Waals surface area contributed by atoms with Gasteiger partial charge in [0.1, 0.15) is 17.5 Å². The normalized spacial score (nSPS) is 12.4. The Kier molecular flexibility index (Phi) is 7.04. The fourth-order valence-corrected chi connectivity index (χ4v) is 3.96. The molecule has 1 amide bonds. The molecule has 11 heteroatoms. The van der Waals surface area contributed by atoms with Crippen LogP contribution in [0.5, 0.6) is 0 Å². The first-order valence-electron chi connectivity index (χ1n) is 10.7. The van der Waals surface area contributed by atoms with E-state index in [-0.39, 0.29) is 24.2 Å². The van der Waals surface area contributed by atoms with Gasteiger partial charge >= 0.3 is 11.9 Å². The Hall–Kier alpha value is -4.15. The molecule has 0 bridgehead atoms. The number of H-pyrrole nitrogens is 1. The number of carbonyl (C=O) groups excluding carboxylic acids is 1. The van der Waals surface area contributed by atoms with E-state index in [4.69, 9.17) is 16.6 Å². The van der Waals surface area contributed by atoms with Gasteiger partial charge in [0.15, 0.2) is 0 Å². The molecule has 1 aromatic carbocycles. The van der Waals surface area contributed by atoms with Crippen molar-refractivity contribution < 1.29 is 24.6 Å². The van der Waals surface area contributed by atoms with Crippen LogP contribution >= 0.6 is 0 Å². The third-order valence-electron chi connectivity index (χ3n) is 5.48. The summed E-state index contributed by atoms with van der Waals surface area (Å²) in [5, 5.41) is 21.1. The highest BCUT2D eigenvalue weighted by Gasteiger charge is 2.24. The number of carboxylic acids is 2. The van der Waals surface area contributed by atoms with Gasteiger partial charge < -0.3 is 32.0 Å². The highest BCUT2D eigenvalue weighted by Crippen LogP contribution is 2.32. The summed E-state index contributed by atoms with van der Waals surface area (Å²) < 4.78 is 0. The maximum Gasteiger partial charge on any atom is 0.326 e. The van der Waals surface area contributed by atoms with Gasteiger partial charge in [0, 0.05) is 18.2 Å². The molecule has 0 fully saturated rings. The van der Waals surface area contributed by atoms with E-state index >= 15 is 0 Å². The predicted octanol–water partition coefficient (Wildman–Crippen LogP) is 1.98. The number of anilines is 2. The molecule has 0 saturated carbocycles. The Morgan fingerprint density at radius 3 is 2.38 bits per heavy atom. The van der Waals surface area contributed by atoms with Gasteiger partial charge in [-0.1, -0.05) is 26.0 Å². The van der Waals surface area contributed by atoms with E-state index in [2.05, 4.69) is 34.1 Å². The number of nitrogens with zero attached hydrogens (tertiary/aromatic N) is 2. The van der Waals surface area contributed by atoms with Crippen molar-refractivity contribution in [3.8, 4) is 0 Å². The summed E-state index contributed by atoms with van der Waals surface area (Å²) in [6, 6.07) is 5.60. The van der Waals surface area contributed by atoms with Crippen LogP contribution in [0.2, 0.25) is 0 Å². The number of carbonyl (C=O) groups is 3. The lowest BCUT2D eigenvalue weighted by atomic mass is 9.80. The second-order valence-electron chi connectivity index (χ2n) is 9.02. The van der Waals surface area contributed by atoms with Crippen molar-refractivity contribution in [2.75, 3.05) is 11.5 Å². The number of fused-ring (bicyclic) bond motifs is 1. The van der Waals surface area contributed by atoms with Crippen molar-refractivity contribution in [2.45, 2.75) is 45.6 Å². The van der Waals surface area contributed by atoms with Gasteiger partial charge in [0.2, 0.25) is 5.95 Å². The van der Waals surface area contributed by atoms with Gasteiger partial charge in [0.25, 0.3) is 5.91 Å². The minimum atomic E-state index is -1.28. The molecule has 0 saturated heterocycles. The van der Waals surface area contributed by atoms with Gasteiger partial charge in [-0.2, -0.15) is 9.97 Å². The van der Waals surface area contributed by atoms with Crippen LogP contribution in [0.3, 0.4) is 0 Å². The average molecular weight is 469 g/mol. The van der Waals surface area contributed by atoms with Crippen LogP contribution in [0.25, 0.3) is 11.0 Å². The number of rotatable bonds is 10. The predicted molar refractivity (Wildman–Crippen MR) is 126 cm³/mol. The van der Waals surface area contributed by atoms with Crippen LogP contribution < -0.4 is 16.8 Å². The second kappa shape index (κ2) is 9.77. The summed E-state index contributed by atoms with van der Waals surface area (Å²) in [6.07, 6.45) is 2.70. The number of amides is 1. The Labute approximate surface area is 195 Å². The lowest BCUT2D eigenvalue weighted by Crippen LogP contribution is -2.41. The molecule has 0 aliphatic carbocycles. The Bertz CT molecular complexity index is 1220. The Morgan fingerprint density at radius 2 is 1.76 bits per heavy atom. The van der Waals surface area contributed by atoms with Gasteiger partial charge in [0.05, 0.1) is 5.39 Å². The molecule has 0 aliphatic rings. The van der Waals surface area contributed by atoms with Crippen molar-refractivity contribution in [2.24, 2.45) is 5.41 Å². The lowest BCUT2D eigenvalue weighted by Gasteiger charge is -2.25. The number of carboxylic acid groups (broad SMARTS) is 2. The largest absolute Gasteiger partial charge is 0.481 e. The minimum absolute atomic E-state index is 0.110. The van der Waals surface area contributed by atoms with Crippen LogP contribution in [0.1, 0.15) is 48.2 Å². The molecule has 3 aromatic rings. The molecule has 1 atom stereocenters. The molecule has 0 spiro atoms. The molecule has 0 aliphatic heterocycles. The fourth-order valence-electron chi connectivity index (χ4n) is 3.96. The Morgan fingerprint density at radius 1 is 1.09 bits per heavy atom. The van der Waals surface area contributed by atoms with E-state index in [1.54, 1.807) is 12.1 Å². The number of nitrogens with one attached hydrogen (secondary N) is 2. The van der Waals surface area contributed by atoms with Crippen LogP contribution in [0, 0.1) is 5.41 Å².